The number of carbonyl (C=O) groups is 1. The van der Waals surface area contributed by atoms with Crippen LogP contribution in [0.25, 0.3) is 0 Å². The zero-order valence-electron chi connectivity index (χ0n) is 14.5. The van der Waals surface area contributed by atoms with E-state index in [2.05, 4.69) is 22.1 Å². The molecule has 0 radical (unpaired) electrons. The number of rotatable bonds is 6. The molecule has 0 saturated heterocycles. The Kier molecular flexibility index (Phi) is 6.66. The molecule has 0 aliphatic heterocycles. The molecule has 0 aliphatic rings. The molecule has 130 valence electrons. The summed E-state index contributed by atoms with van der Waals surface area (Å²) < 4.78 is 15.8. The molecule has 0 fully saturated rings. The summed E-state index contributed by atoms with van der Waals surface area (Å²) in [6.45, 7) is 2.37. The predicted octanol–water partition coefficient (Wildman–Crippen LogP) is 2.22. The molecular weight excluding hydrogens is 320 g/mol. The smallest absolute Gasteiger partial charge is 0.252 e. The molecular formula is C19H20N2O4. The minimum atomic E-state index is -0.237. The third-order valence-corrected chi connectivity index (χ3v) is 3.30. The van der Waals surface area contributed by atoms with Crippen molar-refractivity contribution < 1.29 is 19.0 Å². The van der Waals surface area contributed by atoms with E-state index in [0.29, 0.717) is 22.8 Å². The first-order chi connectivity index (χ1) is 12.1. The van der Waals surface area contributed by atoms with Crippen molar-refractivity contribution in [2.75, 3.05) is 27.4 Å². The lowest BCUT2D eigenvalue weighted by Crippen LogP contribution is -2.23. The van der Waals surface area contributed by atoms with Gasteiger partial charge < -0.3 is 19.5 Å². The van der Waals surface area contributed by atoms with Crippen molar-refractivity contribution in [3.05, 3.63) is 47.8 Å². The van der Waals surface area contributed by atoms with Crippen molar-refractivity contribution in [2.24, 2.45) is 0 Å². The summed E-state index contributed by atoms with van der Waals surface area (Å²) in [5.41, 5.74) is 1.40. The zero-order valence-corrected chi connectivity index (χ0v) is 14.5. The Morgan fingerprint density at radius 1 is 1.12 bits per heavy atom. The van der Waals surface area contributed by atoms with Crippen LogP contribution >= 0.6 is 0 Å². The third-order valence-electron chi connectivity index (χ3n) is 3.30. The van der Waals surface area contributed by atoms with E-state index >= 15 is 0 Å². The van der Waals surface area contributed by atoms with Gasteiger partial charge in [0.2, 0.25) is 0 Å². The first kappa shape index (κ1) is 18.1. The summed E-state index contributed by atoms with van der Waals surface area (Å²) in [7, 11) is 3.07. The minimum Gasteiger partial charge on any atom is -0.493 e. The van der Waals surface area contributed by atoms with E-state index in [1.807, 2.05) is 19.1 Å². The van der Waals surface area contributed by atoms with Crippen LogP contribution in [-0.4, -0.2) is 38.3 Å². The van der Waals surface area contributed by atoms with Gasteiger partial charge in [-0.05, 0) is 37.3 Å². The van der Waals surface area contributed by atoms with Gasteiger partial charge in [0.25, 0.3) is 5.91 Å². The predicted molar refractivity (Wildman–Crippen MR) is 94.1 cm³/mol. The van der Waals surface area contributed by atoms with Crippen LogP contribution in [0, 0.1) is 18.8 Å². The highest BCUT2D eigenvalue weighted by Crippen LogP contribution is 2.27. The van der Waals surface area contributed by atoms with Gasteiger partial charge in [0, 0.05) is 11.3 Å². The van der Waals surface area contributed by atoms with E-state index in [1.54, 1.807) is 31.5 Å². The number of ether oxygens (including phenoxy) is 3. The molecule has 1 aromatic carbocycles. The largest absolute Gasteiger partial charge is 0.493 e. The van der Waals surface area contributed by atoms with Gasteiger partial charge in [-0.2, -0.15) is 0 Å². The molecule has 1 heterocycles. The van der Waals surface area contributed by atoms with Gasteiger partial charge in [0.1, 0.15) is 12.4 Å². The number of hydrogen-bond acceptors (Lipinski definition) is 5. The number of nitrogens with one attached hydrogen (secondary N) is 1. The standard InChI is InChI=1S/C19H20N2O4/c1-14-6-8-16(13-21-14)25-11-5-4-10-20-19(22)15-7-9-17(23-2)18(12-15)24-3/h6-9,12-13H,10-11H2,1-3H3,(H,20,22). The zero-order chi connectivity index (χ0) is 18.1. The molecule has 0 aliphatic carbocycles. The average molecular weight is 340 g/mol. The number of pyridine rings is 1. The second kappa shape index (κ2) is 9.18. The van der Waals surface area contributed by atoms with Gasteiger partial charge in [0.15, 0.2) is 11.5 Å². The van der Waals surface area contributed by atoms with Gasteiger partial charge >= 0.3 is 0 Å². The fourth-order valence-corrected chi connectivity index (χ4v) is 1.98. The van der Waals surface area contributed by atoms with Crippen molar-refractivity contribution >= 4 is 5.91 Å². The monoisotopic (exact) mass is 340 g/mol. The quantitative estimate of drug-likeness (QED) is 0.817. The Labute approximate surface area is 147 Å². The van der Waals surface area contributed by atoms with Gasteiger partial charge in [-0.15, -0.1) is 0 Å². The van der Waals surface area contributed by atoms with Crippen LogP contribution < -0.4 is 19.5 Å². The Balaban J connectivity index is 1.80. The molecule has 6 heteroatoms. The summed E-state index contributed by atoms with van der Waals surface area (Å²) in [6.07, 6.45) is 1.65. The Morgan fingerprint density at radius 3 is 2.60 bits per heavy atom. The van der Waals surface area contributed by atoms with Crippen LogP contribution in [0.5, 0.6) is 17.2 Å². The summed E-state index contributed by atoms with van der Waals surface area (Å²) in [5.74, 6) is 7.17. The topological polar surface area (TPSA) is 69.7 Å². The number of nitrogens with zero attached hydrogens (tertiary/aromatic N) is 1. The maximum atomic E-state index is 12.1. The number of amides is 1. The lowest BCUT2D eigenvalue weighted by atomic mass is 10.2. The summed E-state index contributed by atoms with van der Waals surface area (Å²) >= 11 is 0. The molecule has 0 bridgehead atoms. The highest BCUT2D eigenvalue weighted by Gasteiger charge is 2.09. The maximum absolute atomic E-state index is 12.1. The molecule has 2 aromatic rings. The number of methoxy groups -OCH3 is 2. The summed E-state index contributed by atoms with van der Waals surface area (Å²) in [5, 5.41) is 2.72. The number of aryl methyl sites for hydroxylation is 1. The molecule has 1 aromatic heterocycles. The highest BCUT2D eigenvalue weighted by atomic mass is 16.5. The van der Waals surface area contributed by atoms with E-state index in [1.165, 1.54) is 7.11 Å². The fraction of sp³-hybridized carbons (Fsp3) is 0.263. The maximum Gasteiger partial charge on any atom is 0.252 e. The van der Waals surface area contributed by atoms with Crippen LogP contribution in [0.3, 0.4) is 0 Å². The molecule has 1 amide bonds. The molecule has 6 nitrogen and oxygen atoms in total. The first-order valence-corrected chi connectivity index (χ1v) is 7.65. The minimum absolute atomic E-state index is 0.225. The molecule has 0 atom stereocenters. The second-order valence-corrected chi connectivity index (χ2v) is 5.03. The molecule has 1 N–H and O–H groups in total. The summed E-state index contributed by atoms with van der Waals surface area (Å²) in [4.78, 5) is 16.2. The van der Waals surface area contributed by atoms with E-state index in [0.717, 1.165) is 5.69 Å². The first-order valence-electron chi connectivity index (χ1n) is 7.65. The Hall–Kier alpha value is -3.20. The van der Waals surface area contributed by atoms with E-state index in [-0.39, 0.29) is 19.1 Å². The van der Waals surface area contributed by atoms with E-state index in [4.69, 9.17) is 14.2 Å². The molecule has 0 unspecified atom stereocenters. The number of aromatic nitrogens is 1. The Bertz CT molecular complexity index is 776. The number of benzene rings is 1. The lowest BCUT2D eigenvalue weighted by Gasteiger charge is -2.09. The molecule has 0 spiro atoms. The van der Waals surface area contributed by atoms with Crippen molar-refractivity contribution in [3.63, 3.8) is 0 Å². The van der Waals surface area contributed by atoms with E-state index in [9.17, 15) is 4.79 Å². The van der Waals surface area contributed by atoms with Crippen molar-refractivity contribution in [1.82, 2.24) is 10.3 Å². The van der Waals surface area contributed by atoms with Crippen molar-refractivity contribution in [1.29, 1.82) is 0 Å². The van der Waals surface area contributed by atoms with Crippen molar-refractivity contribution in [3.8, 4) is 29.1 Å². The van der Waals surface area contributed by atoms with Gasteiger partial charge in [-0.25, -0.2) is 0 Å². The van der Waals surface area contributed by atoms with Crippen LogP contribution in [-0.2, 0) is 0 Å². The van der Waals surface area contributed by atoms with Crippen LogP contribution in [0.2, 0.25) is 0 Å². The van der Waals surface area contributed by atoms with Gasteiger partial charge in [-0.3, -0.25) is 9.78 Å². The second-order valence-electron chi connectivity index (χ2n) is 5.03. The Morgan fingerprint density at radius 2 is 1.92 bits per heavy atom. The molecule has 25 heavy (non-hydrogen) atoms. The third kappa shape index (κ3) is 5.43. The average Bonchev–Trinajstić information content (AvgIpc) is 2.65. The fourth-order valence-electron chi connectivity index (χ4n) is 1.98. The highest BCUT2D eigenvalue weighted by molar-refractivity contribution is 5.95. The van der Waals surface area contributed by atoms with E-state index < -0.39 is 0 Å². The van der Waals surface area contributed by atoms with Crippen LogP contribution in [0.1, 0.15) is 16.1 Å². The van der Waals surface area contributed by atoms with Gasteiger partial charge in [-0.1, -0.05) is 11.8 Å². The SMILES string of the molecule is COc1ccc(C(=O)NCC#CCOc2ccc(C)nc2)cc1OC. The van der Waals surface area contributed by atoms with Crippen LogP contribution in [0.4, 0.5) is 0 Å². The molecule has 0 saturated carbocycles. The van der Waals surface area contributed by atoms with Crippen molar-refractivity contribution in [2.45, 2.75) is 6.92 Å². The van der Waals surface area contributed by atoms with Crippen LogP contribution in [0.15, 0.2) is 36.5 Å². The number of carbonyl (C=O) groups excluding carboxylic acids is 1. The van der Waals surface area contributed by atoms with Gasteiger partial charge in [0.05, 0.1) is 27.0 Å². The normalized spacial score (nSPS) is 9.56. The number of hydrogen-bond donors (Lipinski definition) is 1. The molecule has 2 rings (SSSR count). The summed E-state index contributed by atoms with van der Waals surface area (Å²) in [6, 6.07) is 8.67. The lowest BCUT2D eigenvalue weighted by molar-refractivity contribution is 0.0958.